The Kier molecular flexibility index (Phi) is 7.42. The van der Waals surface area contributed by atoms with E-state index in [9.17, 15) is 0 Å². The Labute approximate surface area is 322 Å². The molecule has 262 valence electrons. The van der Waals surface area contributed by atoms with Crippen molar-refractivity contribution in [3.05, 3.63) is 188 Å². The molecule has 0 N–H and O–H groups in total. The maximum atomic E-state index is 6.70. The minimum Gasteiger partial charge on any atom is -0.455 e. The molecule has 0 spiro atoms. The molecule has 4 heterocycles. The molecule has 0 atom stereocenters. The van der Waals surface area contributed by atoms with Crippen LogP contribution in [0.2, 0.25) is 0 Å². The lowest BCUT2D eigenvalue weighted by Crippen LogP contribution is -1.96. The molecule has 0 aliphatic heterocycles. The van der Waals surface area contributed by atoms with Crippen LogP contribution in [-0.4, -0.2) is 15.0 Å². The topological polar surface area (TPSA) is 65.0 Å². The first-order chi connectivity index (χ1) is 27.7. The van der Waals surface area contributed by atoms with Gasteiger partial charge in [-0.05, 0) is 53.6 Å². The number of para-hydroxylation sites is 3. The minimum atomic E-state index is 0.657. The monoisotopic (exact) mass is 717 g/mol. The lowest BCUT2D eigenvalue weighted by molar-refractivity contribution is 0.665. The Hall–Kier alpha value is -7.63. The summed E-state index contributed by atoms with van der Waals surface area (Å²) >= 11 is 0. The second kappa shape index (κ2) is 13.0. The number of aromatic nitrogens is 3. The van der Waals surface area contributed by atoms with E-state index >= 15 is 0 Å². The van der Waals surface area contributed by atoms with Crippen LogP contribution in [0.4, 0.5) is 0 Å². The predicted octanol–water partition coefficient (Wildman–Crippen LogP) is 13.7. The molecule has 5 heteroatoms. The highest BCUT2D eigenvalue weighted by atomic mass is 16.3. The number of hydrogen-bond donors (Lipinski definition) is 0. The summed E-state index contributed by atoms with van der Waals surface area (Å²) in [4.78, 5) is 14.8. The summed E-state index contributed by atoms with van der Waals surface area (Å²) in [6, 6.07) is 62.4. The smallest absolute Gasteiger partial charge is 0.160 e. The van der Waals surface area contributed by atoms with Gasteiger partial charge in [-0.25, -0.2) is 9.97 Å². The van der Waals surface area contributed by atoms with E-state index in [-0.39, 0.29) is 0 Å². The number of furan rings is 2. The van der Waals surface area contributed by atoms with Gasteiger partial charge in [0.2, 0.25) is 0 Å². The molecular weight excluding hydrogens is 687 g/mol. The summed E-state index contributed by atoms with van der Waals surface area (Å²) in [6.07, 6.45) is 1.81. The maximum absolute atomic E-state index is 6.70. The number of nitrogens with zero attached hydrogens (tertiary/aromatic N) is 3. The van der Waals surface area contributed by atoms with E-state index in [1.807, 2.05) is 72.9 Å². The van der Waals surface area contributed by atoms with E-state index < -0.39 is 0 Å². The van der Waals surface area contributed by atoms with Crippen LogP contribution in [0.25, 0.3) is 111 Å². The first kappa shape index (κ1) is 31.9. The predicted molar refractivity (Wildman–Crippen MR) is 227 cm³/mol. The van der Waals surface area contributed by atoms with E-state index in [2.05, 4.69) is 120 Å². The third-order valence-electron chi connectivity index (χ3n) is 10.6. The number of pyridine rings is 1. The van der Waals surface area contributed by atoms with Gasteiger partial charge in [-0.3, -0.25) is 4.98 Å². The van der Waals surface area contributed by atoms with Gasteiger partial charge in [-0.15, -0.1) is 0 Å². The molecular formula is C51H31N3O2. The van der Waals surface area contributed by atoms with Gasteiger partial charge in [0.25, 0.3) is 0 Å². The number of fused-ring (bicyclic) bond motifs is 6. The second-order valence-corrected chi connectivity index (χ2v) is 13.9. The molecule has 5 nitrogen and oxygen atoms in total. The highest BCUT2D eigenvalue weighted by molar-refractivity contribution is 6.18. The van der Waals surface area contributed by atoms with Crippen molar-refractivity contribution >= 4 is 43.9 Å². The molecule has 0 bridgehead atoms. The fourth-order valence-corrected chi connectivity index (χ4v) is 7.89. The average molecular weight is 718 g/mol. The average Bonchev–Trinajstić information content (AvgIpc) is 3.86. The quantitative estimate of drug-likeness (QED) is 0.171. The SMILES string of the molecule is c1ccc(-c2cc(-c3ccc(-c4ccc(-c5cccc6c5oc5ccccc56)c5oc6ccccc6c45)cc3)nc(-c3cccc(-c4ccccn4)c3)n2)cc1. The first-order valence-electron chi connectivity index (χ1n) is 18.7. The van der Waals surface area contributed by atoms with Crippen molar-refractivity contribution in [1.29, 1.82) is 0 Å². The lowest BCUT2D eigenvalue weighted by Gasteiger charge is -2.12. The Morgan fingerprint density at radius 3 is 1.73 bits per heavy atom. The Morgan fingerprint density at radius 1 is 0.339 bits per heavy atom. The zero-order valence-corrected chi connectivity index (χ0v) is 30.1. The largest absolute Gasteiger partial charge is 0.455 e. The van der Waals surface area contributed by atoms with Crippen LogP contribution in [0.3, 0.4) is 0 Å². The summed E-state index contributed by atoms with van der Waals surface area (Å²) in [5, 5.41) is 4.33. The van der Waals surface area contributed by atoms with Gasteiger partial charge in [0.05, 0.1) is 17.1 Å². The van der Waals surface area contributed by atoms with Crippen molar-refractivity contribution in [2.24, 2.45) is 0 Å². The van der Waals surface area contributed by atoms with E-state index in [0.717, 1.165) is 105 Å². The van der Waals surface area contributed by atoms with Crippen LogP contribution in [0, 0.1) is 0 Å². The molecule has 56 heavy (non-hydrogen) atoms. The van der Waals surface area contributed by atoms with Gasteiger partial charge in [0.1, 0.15) is 22.3 Å². The minimum absolute atomic E-state index is 0.657. The molecule has 7 aromatic carbocycles. The maximum Gasteiger partial charge on any atom is 0.160 e. The van der Waals surface area contributed by atoms with Crippen LogP contribution in [0.1, 0.15) is 0 Å². The number of benzene rings is 7. The Morgan fingerprint density at radius 2 is 0.929 bits per heavy atom. The summed E-state index contributed by atoms with van der Waals surface area (Å²) < 4.78 is 13.2. The van der Waals surface area contributed by atoms with Crippen molar-refractivity contribution < 1.29 is 8.83 Å². The molecule has 11 rings (SSSR count). The Balaban J connectivity index is 1.04. The molecule has 0 unspecified atom stereocenters. The van der Waals surface area contributed by atoms with Crippen molar-refractivity contribution in [2.75, 3.05) is 0 Å². The van der Waals surface area contributed by atoms with Crippen LogP contribution >= 0.6 is 0 Å². The third-order valence-corrected chi connectivity index (χ3v) is 10.6. The third kappa shape index (κ3) is 5.37. The molecule has 0 fully saturated rings. The molecule has 0 amide bonds. The van der Waals surface area contributed by atoms with Crippen molar-refractivity contribution in [1.82, 2.24) is 15.0 Å². The fraction of sp³-hybridized carbons (Fsp3) is 0. The zero-order valence-electron chi connectivity index (χ0n) is 30.1. The fourth-order valence-electron chi connectivity index (χ4n) is 7.89. The first-order valence-corrected chi connectivity index (χ1v) is 18.7. The lowest BCUT2D eigenvalue weighted by atomic mass is 9.93. The zero-order chi connectivity index (χ0) is 37.0. The van der Waals surface area contributed by atoms with Gasteiger partial charge in [0.15, 0.2) is 5.82 Å². The molecule has 0 saturated carbocycles. The van der Waals surface area contributed by atoms with Gasteiger partial charge < -0.3 is 8.83 Å². The molecule has 0 saturated heterocycles. The highest BCUT2D eigenvalue weighted by Crippen LogP contribution is 2.45. The van der Waals surface area contributed by atoms with Gasteiger partial charge in [-0.2, -0.15) is 0 Å². The standard InChI is InChI=1S/C51H31N3O2/c1-2-12-33(13-3-1)44-31-45(54-51(53-44)36-15-10-14-35(30-36)43-20-8-9-29-52-43)34-25-23-32(24-26-34)37-27-28-41(50-48(37)42-17-5-7-22-47(42)56-50)40-19-11-18-39-38-16-4-6-21-46(38)55-49(39)40/h1-31H. The van der Waals surface area contributed by atoms with Crippen molar-refractivity contribution in [3.8, 4) is 67.4 Å². The molecule has 0 aliphatic rings. The number of hydrogen-bond acceptors (Lipinski definition) is 5. The Bertz CT molecular complexity index is 3240. The van der Waals surface area contributed by atoms with E-state index in [0.29, 0.717) is 5.82 Å². The molecule has 4 aromatic heterocycles. The van der Waals surface area contributed by atoms with Crippen molar-refractivity contribution in [3.63, 3.8) is 0 Å². The van der Waals surface area contributed by atoms with E-state index in [4.69, 9.17) is 18.8 Å². The van der Waals surface area contributed by atoms with Gasteiger partial charge in [0, 0.05) is 61.1 Å². The van der Waals surface area contributed by atoms with Crippen LogP contribution < -0.4 is 0 Å². The molecule has 11 aromatic rings. The summed E-state index contributed by atoms with van der Waals surface area (Å²) in [5.74, 6) is 0.657. The van der Waals surface area contributed by atoms with Crippen LogP contribution in [0.15, 0.2) is 197 Å². The van der Waals surface area contributed by atoms with Crippen LogP contribution in [-0.2, 0) is 0 Å². The molecule has 0 radical (unpaired) electrons. The highest BCUT2D eigenvalue weighted by Gasteiger charge is 2.21. The van der Waals surface area contributed by atoms with E-state index in [1.165, 1.54) is 0 Å². The summed E-state index contributed by atoms with van der Waals surface area (Å²) in [7, 11) is 0. The number of rotatable bonds is 6. The second-order valence-electron chi connectivity index (χ2n) is 13.9. The summed E-state index contributed by atoms with van der Waals surface area (Å²) in [5.41, 5.74) is 14.2. The molecule has 0 aliphatic carbocycles. The van der Waals surface area contributed by atoms with E-state index in [1.54, 1.807) is 0 Å². The summed E-state index contributed by atoms with van der Waals surface area (Å²) in [6.45, 7) is 0. The van der Waals surface area contributed by atoms with Crippen molar-refractivity contribution in [2.45, 2.75) is 0 Å². The van der Waals surface area contributed by atoms with Gasteiger partial charge in [-0.1, -0.05) is 140 Å². The van der Waals surface area contributed by atoms with Gasteiger partial charge >= 0.3 is 0 Å². The van der Waals surface area contributed by atoms with Crippen LogP contribution in [0.5, 0.6) is 0 Å². The normalized spacial score (nSPS) is 11.6.